The lowest BCUT2D eigenvalue weighted by atomic mass is 9.94. The summed E-state index contributed by atoms with van der Waals surface area (Å²) >= 11 is 0. The quantitative estimate of drug-likeness (QED) is 0.776. The Bertz CT molecular complexity index is 355. The summed E-state index contributed by atoms with van der Waals surface area (Å²) in [7, 11) is 1.77. The van der Waals surface area contributed by atoms with Gasteiger partial charge in [-0.3, -0.25) is 0 Å². The van der Waals surface area contributed by atoms with Gasteiger partial charge in [0.25, 0.3) is 0 Å². The van der Waals surface area contributed by atoms with Crippen molar-refractivity contribution in [3.8, 4) is 0 Å². The predicted octanol–water partition coefficient (Wildman–Crippen LogP) is 1.86. The molecular formula is C14H25N3O. The number of hydrogen-bond acceptors (Lipinski definition) is 4. The number of hydrogen-bond donors (Lipinski definition) is 2. The van der Waals surface area contributed by atoms with Crippen molar-refractivity contribution in [1.82, 2.24) is 10.3 Å². The highest BCUT2D eigenvalue weighted by atomic mass is 16.5. The molecule has 0 bridgehead atoms. The summed E-state index contributed by atoms with van der Waals surface area (Å²) in [6, 6.07) is 4.21. The molecule has 2 atom stereocenters. The minimum Gasteiger partial charge on any atom is -0.383 e. The molecular weight excluding hydrogens is 226 g/mol. The molecule has 3 N–H and O–H groups in total. The van der Waals surface area contributed by atoms with E-state index in [4.69, 9.17) is 10.5 Å². The first-order chi connectivity index (χ1) is 8.60. The zero-order chi connectivity index (χ0) is 13.5. The van der Waals surface area contributed by atoms with Gasteiger partial charge in [-0.2, -0.15) is 0 Å². The third-order valence-electron chi connectivity index (χ3n) is 3.16. The summed E-state index contributed by atoms with van der Waals surface area (Å²) in [5.41, 5.74) is 6.98. The fourth-order valence-corrected chi connectivity index (χ4v) is 2.33. The Kier molecular flexibility index (Phi) is 6.09. The van der Waals surface area contributed by atoms with Crippen LogP contribution >= 0.6 is 0 Å². The molecule has 0 radical (unpaired) electrons. The molecule has 1 heterocycles. The van der Waals surface area contributed by atoms with E-state index in [-0.39, 0.29) is 12.1 Å². The van der Waals surface area contributed by atoms with Gasteiger partial charge in [0.05, 0.1) is 6.10 Å². The van der Waals surface area contributed by atoms with Crippen molar-refractivity contribution in [2.24, 2.45) is 5.92 Å². The molecule has 0 aliphatic heterocycles. The van der Waals surface area contributed by atoms with Gasteiger partial charge < -0.3 is 15.8 Å². The van der Waals surface area contributed by atoms with Crippen LogP contribution in [0.3, 0.4) is 0 Å². The van der Waals surface area contributed by atoms with Crippen LogP contribution in [0.2, 0.25) is 0 Å². The van der Waals surface area contributed by atoms with Crippen molar-refractivity contribution in [3.05, 3.63) is 23.9 Å². The second-order valence-corrected chi connectivity index (χ2v) is 4.86. The van der Waals surface area contributed by atoms with Gasteiger partial charge in [0.1, 0.15) is 5.82 Å². The number of anilines is 1. The highest BCUT2D eigenvalue weighted by molar-refractivity contribution is 5.39. The van der Waals surface area contributed by atoms with E-state index in [0.717, 1.165) is 18.5 Å². The van der Waals surface area contributed by atoms with Crippen molar-refractivity contribution >= 4 is 5.82 Å². The maximum atomic E-state index is 5.90. The SMILES string of the molecule is CCNC(Cc1cccnc1N)C(OC)C(C)C. The van der Waals surface area contributed by atoms with Crippen molar-refractivity contribution in [2.45, 2.75) is 39.3 Å². The molecule has 1 aromatic heterocycles. The number of likely N-dealkylation sites (N-methyl/N-ethyl adjacent to an activating group) is 1. The first kappa shape index (κ1) is 14.9. The van der Waals surface area contributed by atoms with Crippen molar-refractivity contribution in [2.75, 3.05) is 19.4 Å². The standard InChI is InChI=1S/C14H25N3O/c1-5-16-12(13(18-4)10(2)3)9-11-7-6-8-17-14(11)15/h6-8,10,12-13,16H,5,9H2,1-4H3,(H2,15,17). The summed E-state index contributed by atoms with van der Waals surface area (Å²) < 4.78 is 5.61. The number of ether oxygens (including phenoxy) is 1. The van der Waals surface area contributed by atoms with Gasteiger partial charge in [-0.15, -0.1) is 0 Å². The topological polar surface area (TPSA) is 60.2 Å². The molecule has 0 fully saturated rings. The van der Waals surface area contributed by atoms with E-state index in [1.54, 1.807) is 13.3 Å². The number of rotatable bonds is 7. The van der Waals surface area contributed by atoms with Gasteiger partial charge in [-0.25, -0.2) is 4.98 Å². The lowest BCUT2D eigenvalue weighted by molar-refractivity contribution is 0.0337. The molecule has 1 aromatic rings. The Hall–Kier alpha value is -1.13. The van der Waals surface area contributed by atoms with Gasteiger partial charge in [-0.1, -0.05) is 26.8 Å². The zero-order valence-corrected chi connectivity index (χ0v) is 11.8. The van der Waals surface area contributed by atoms with Gasteiger partial charge in [0.15, 0.2) is 0 Å². The highest BCUT2D eigenvalue weighted by Crippen LogP contribution is 2.17. The van der Waals surface area contributed by atoms with Crippen molar-refractivity contribution in [3.63, 3.8) is 0 Å². The second kappa shape index (κ2) is 7.34. The molecule has 0 aliphatic rings. The molecule has 0 aliphatic carbocycles. The lowest BCUT2D eigenvalue weighted by Gasteiger charge is -2.30. The van der Waals surface area contributed by atoms with Crippen LogP contribution in [0.15, 0.2) is 18.3 Å². The van der Waals surface area contributed by atoms with Gasteiger partial charge >= 0.3 is 0 Å². The number of nitrogens with two attached hydrogens (primary N) is 1. The highest BCUT2D eigenvalue weighted by Gasteiger charge is 2.24. The van der Waals surface area contributed by atoms with Crippen LogP contribution in [0.1, 0.15) is 26.3 Å². The number of aromatic nitrogens is 1. The summed E-state index contributed by atoms with van der Waals surface area (Å²) in [6.45, 7) is 7.36. The van der Waals surface area contributed by atoms with Crippen LogP contribution in [0.5, 0.6) is 0 Å². The molecule has 0 amide bonds. The van der Waals surface area contributed by atoms with Gasteiger partial charge in [-0.05, 0) is 30.5 Å². The maximum Gasteiger partial charge on any atom is 0.126 e. The van der Waals surface area contributed by atoms with E-state index in [2.05, 4.69) is 31.1 Å². The zero-order valence-electron chi connectivity index (χ0n) is 11.8. The molecule has 0 saturated carbocycles. The molecule has 4 heteroatoms. The number of methoxy groups -OCH3 is 1. The Morgan fingerprint density at radius 2 is 2.17 bits per heavy atom. The number of nitrogen functional groups attached to an aromatic ring is 1. The molecule has 0 spiro atoms. The smallest absolute Gasteiger partial charge is 0.126 e. The summed E-state index contributed by atoms with van der Waals surface area (Å²) in [6.07, 6.45) is 2.73. The molecule has 1 rings (SSSR count). The first-order valence-corrected chi connectivity index (χ1v) is 6.55. The Morgan fingerprint density at radius 3 is 2.67 bits per heavy atom. The fourth-order valence-electron chi connectivity index (χ4n) is 2.33. The van der Waals surface area contributed by atoms with E-state index in [0.29, 0.717) is 11.7 Å². The predicted molar refractivity (Wildman–Crippen MR) is 75.5 cm³/mol. The minimum absolute atomic E-state index is 0.171. The van der Waals surface area contributed by atoms with Crippen LogP contribution in [0.4, 0.5) is 5.82 Å². The summed E-state index contributed by atoms with van der Waals surface area (Å²) in [5.74, 6) is 1.07. The first-order valence-electron chi connectivity index (χ1n) is 6.55. The molecule has 0 saturated heterocycles. The van der Waals surface area contributed by atoms with Gasteiger partial charge in [0, 0.05) is 19.3 Å². The minimum atomic E-state index is 0.171. The average Bonchev–Trinajstić information content (AvgIpc) is 2.32. The molecule has 2 unspecified atom stereocenters. The Labute approximate surface area is 110 Å². The maximum absolute atomic E-state index is 5.90. The van der Waals surface area contributed by atoms with Crippen LogP contribution in [-0.2, 0) is 11.2 Å². The summed E-state index contributed by atoms with van der Waals surface area (Å²) in [4.78, 5) is 4.13. The van der Waals surface area contributed by atoms with Crippen molar-refractivity contribution < 1.29 is 4.74 Å². The number of nitrogens with zero attached hydrogens (tertiary/aromatic N) is 1. The third kappa shape index (κ3) is 3.96. The van der Waals surface area contributed by atoms with E-state index < -0.39 is 0 Å². The normalized spacial score (nSPS) is 14.7. The van der Waals surface area contributed by atoms with Crippen molar-refractivity contribution in [1.29, 1.82) is 0 Å². The molecule has 18 heavy (non-hydrogen) atoms. The van der Waals surface area contributed by atoms with Crippen LogP contribution in [0.25, 0.3) is 0 Å². The monoisotopic (exact) mass is 251 g/mol. The van der Waals surface area contributed by atoms with E-state index in [1.165, 1.54) is 0 Å². The van der Waals surface area contributed by atoms with E-state index >= 15 is 0 Å². The molecule has 102 valence electrons. The fraction of sp³-hybridized carbons (Fsp3) is 0.643. The van der Waals surface area contributed by atoms with Gasteiger partial charge in [0.2, 0.25) is 0 Å². The molecule has 0 aromatic carbocycles. The van der Waals surface area contributed by atoms with E-state index in [1.807, 2.05) is 12.1 Å². The second-order valence-electron chi connectivity index (χ2n) is 4.86. The largest absolute Gasteiger partial charge is 0.383 e. The third-order valence-corrected chi connectivity index (χ3v) is 3.16. The Balaban J connectivity index is 2.82. The molecule has 4 nitrogen and oxygen atoms in total. The van der Waals surface area contributed by atoms with E-state index in [9.17, 15) is 0 Å². The number of pyridine rings is 1. The van der Waals surface area contributed by atoms with Crippen LogP contribution < -0.4 is 11.1 Å². The average molecular weight is 251 g/mol. The number of nitrogens with one attached hydrogen (secondary N) is 1. The van der Waals surface area contributed by atoms with Crippen LogP contribution in [-0.4, -0.2) is 30.8 Å². The lowest BCUT2D eigenvalue weighted by Crippen LogP contribution is -2.45. The Morgan fingerprint density at radius 1 is 1.44 bits per heavy atom. The summed E-state index contributed by atoms with van der Waals surface area (Å²) in [5, 5.41) is 3.48. The van der Waals surface area contributed by atoms with Crippen LogP contribution in [0, 0.1) is 5.92 Å².